The third-order valence-corrected chi connectivity index (χ3v) is 3.40. The van der Waals surface area contributed by atoms with Crippen molar-refractivity contribution >= 4 is 6.09 Å². The minimum atomic E-state index is -0.441. The summed E-state index contributed by atoms with van der Waals surface area (Å²) in [7, 11) is 0. The zero-order valence-electron chi connectivity index (χ0n) is 9.78. The lowest BCUT2D eigenvalue weighted by Gasteiger charge is -2.26. The van der Waals surface area contributed by atoms with E-state index in [2.05, 4.69) is 0 Å². The highest BCUT2D eigenvalue weighted by atomic mass is 16.6. The standard InChI is InChI=1S/C11H19NO3/c1-10(2,3)15-9(14)12-5-7-8(13)11(7,4)6-12/h7-8,13H,5-6H2,1-4H3. The van der Waals surface area contributed by atoms with E-state index in [9.17, 15) is 9.90 Å². The number of piperidine rings is 1. The number of carbonyl (C=O) groups excluding carboxylic acids is 1. The number of ether oxygens (including phenoxy) is 1. The molecule has 2 aliphatic rings. The fourth-order valence-electron chi connectivity index (χ4n) is 2.33. The van der Waals surface area contributed by atoms with E-state index >= 15 is 0 Å². The van der Waals surface area contributed by atoms with Crippen LogP contribution in [0.1, 0.15) is 27.7 Å². The fraction of sp³-hybridized carbons (Fsp3) is 0.909. The van der Waals surface area contributed by atoms with E-state index in [-0.39, 0.29) is 23.5 Å². The van der Waals surface area contributed by atoms with Crippen LogP contribution in [0.4, 0.5) is 4.79 Å². The van der Waals surface area contributed by atoms with Crippen molar-refractivity contribution in [2.24, 2.45) is 11.3 Å². The van der Waals surface area contributed by atoms with Crippen molar-refractivity contribution in [3.63, 3.8) is 0 Å². The van der Waals surface area contributed by atoms with Crippen LogP contribution in [-0.2, 0) is 4.74 Å². The first kappa shape index (κ1) is 10.7. The van der Waals surface area contributed by atoms with Crippen LogP contribution in [0.2, 0.25) is 0 Å². The molecule has 0 radical (unpaired) electrons. The molecule has 1 aliphatic carbocycles. The summed E-state index contributed by atoms with van der Waals surface area (Å²) in [6.45, 7) is 8.85. The molecule has 1 N–H and O–H groups in total. The number of aliphatic hydroxyl groups excluding tert-OH is 1. The van der Waals surface area contributed by atoms with Crippen LogP contribution in [-0.4, -0.2) is 40.9 Å². The number of amides is 1. The van der Waals surface area contributed by atoms with Crippen molar-refractivity contribution in [2.75, 3.05) is 13.1 Å². The maximum atomic E-state index is 11.7. The molecule has 4 nitrogen and oxygen atoms in total. The molecule has 0 bridgehead atoms. The SMILES string of the molecule is CC(C)(C)OC(=O)N1CC2C(O)C2(C)C1. The van der Waals surface area contributed by atoms with Crippen LogP contribution >= 0.6 is 0 Å². The second-order valence-corrected chi connectivity index (χ2v) is 5.92. The number of hydrogen-bond acceptors (Lipinski definition) is 3. The Morgan fingerprint density at radius 1 is 1.53 bits per heavy atom. The van der Waals surface area contributed by atoms with Gasteiger partial charge in [0, 0.05) is 24.4 Å². The maximum absolute atomic E-state index is 11.7. The number of likely N-dealkylation sites (tertiary alicyclic amines) is 1. The predicted octanol–water partition coefficient (Wildman–Crippen LogP) is 1.23. The van der Waals surface area contributed by atoms with Crippen LogP contribution < -0.4 is 0 Å². The van der Waals surface area contributed by atoms with Crippen LogP contribution in [0.25, 0.3) is 0 Å². The Balaban J connectivity index is 1.91. The van der Waals surface area contributed by atoms with Crippen molar-refractivity contribution in [1.29, 1.82) is 0 Å². The fourth-order valence-corrected chi connectivity index (χ4v) is 2.33. The van der Waals surface area contributed by atoms with Crippen molar-refractivity contribution in [2.45, 2.75) is 39.4 Å². The summed E-state index contributed by atoms with van der Waals surface area (Å²) in [6.07, 6.45) is -0.487. The molecule has 15 heavy (non-hydrogen) atoms. The highest BCUT2D eigenvalue weighted by molar-refractivity contribution is 5.69. The zero-order valence-corrected chi connectivity index (χ0v) is 9.78. The molecule has 0 aromatic heterocycles. The first-order valence-corrected chi connectivity index (χ1v) is 5.40. The molecular formula is C11H19NO3. The average molecular weight is 213 g/mol. The summed E-state index contributed by atoms with van der Waals surface area (Å²) in [4.78, 5) is 13.4. The van der Waals surface area contributed by atoms with Crippen LogP contribution in [0.15, 0.2) is 0 Å². The van der Waals surface area contributed by atoms with Gasteiger partial charge in [-0.1, -0.05) is 6.92 Å². The van der Waals surface area contributed by atoms with Gasteiger partial charge in [0.25, 0.3) is 0 Å². The number of nitrogens with zero attached hydrogens (tertiary/aromatic N) is 1. The molecule has 2 rings (SSSR count). The molecule has 1 saturated carbocycles. The Morgan fingerprint density at radius 3 is 2.53 bits per heavy atom. The molecule has 3 atom stereocenters. The highest BCUT2D eigenvalue weighted by Crippen LogP contribution is 2.57. The maximum Gasteiger partial charge on any atom is 0.410 e. The average Bonchev–Trinajstić information content (AvgIpc) is 2.43. The van der Waals surface area contributed by atoms with E-state index in [0.717, 1.165) is 0 Å². The van der Waals surface area contributed by atoms with Gasteiger partial charge in [0.1, 0.15) is 5.60 Å². The quantitative estimate of drug-likeness (QED) is 0.658. The van der Waals surface area contributed by atoms with Gasteiger partial charge in [0.05, 0.1) is 6.10 Å². The lowest BCUT2D eigenvalue weighted by atomic mass is 10.1. The van der Waals surface area contributed by atoms with Gasteiger partial charge in [-0.15, -0.1) is 0 Å². The monoisotopic (exact) mass is 213 g/mol. The Morgan fingerprint density at radius 2 is 2.13 bits per heavy atom. The molecule has 3 unspecified atom stereocenters. The topological polar surface area (TPSA) is 49.8 Å². The third-order valence-electron chi connectivity index (χ3n) is 3.40. The minimum Gasteiger partial charge on any atom is -0.444 e. The van der Waals surface area contributed by atoms with Crippen LogP contribution in [0, 0.1) is 11.3 Å². The third kappa shape index (κ3) is 1.71. The Kier molecular flexibility index (Phi) is 2.06. The van der Waals surface area contributed by atoms with Gasteiger partial charge >= 0.3 is 6.09 Å². The van der Waals surface area contributed by atoms with Gasteiger partial charge in [-0.25, -0.2) is 4.79 Å². The van der Waals surface area contributed by atoms with Crippen LogP contribution in [0.5, 0.6) is 0 Å². The minimum absolute atomic E-state index is 0.0725. The van der Waals surface area contributed by atoms with Gasteiger partial charge in [-0.3, -0.25) is 0 Å². The largest absolute Gasteiger partial charge is 0.444 e. The molecule has 0 spiro atoms. The first-order valence-electron chi connectivity index (χ1n) is 5.40. The Labute approximate surface area is 90.2 Å². The van der Waals surface area contributed by atoms with E-state index in [4.69, 9.17) is 4.74 Å². The lowest BCUT2D eigenvalue weighted by Crippen LogP contribution is -2.38. The molecule has 1 amide bonds. The Hall–Kier alpha value is -0.770. The van der Waals surface area contributed by atoms with Crippen molar-refractivity contribution in [3.8, 4) is 0 Å². The summed E-state index contributed by atoms with van der Waals surface area (Å²) < 4.78 is 5.28. The van der Waals surface area contributed by atoms with Gasteiger partial charge in [-0.05, 0) is 20.8 Å². The number of hydrogen-bond donors (Lipinski definition) is 1. The van der Waals surface area contributed by atoms with E-state index in [1.807, 2.05) is 27.7 Å². The molecule has 0 aromatic carbocycles. The summed E-state index contributed by atoms with van der Waals surface area (Å²) in [5, 5.41) is 9.56. The van der Waals surface area contributed by atoms with E-state index in [0.29, 0.717) is 13.1 Å². The van der Waals surface area contributed by atoms with Crippen molar-refractivity contribution in [1.82, 2.24) is 4.90 Å². The highest BCUT2D eigenvalue weighted by Gasteiger charge is 2.66. The summed E-state index contributed by atoms with van der Waals surface area (Å²) in [6, 6.07) is 0. The van der Waals surface area contributed by atoms with Gasteiger partial charge in [-0.2, -0.15) is 0 Å². The number of carbonyl (C=O) groups is 1. The molecule has 86 valence electrons. The summed E-state index contributed by atoms with van der Waals surface area (Å²) >= 11 is 0. The Bertz CT molecular complexity index is 297. The number of fused-ring (bicyclic) bond motifs is 1. The molecule has 1 heterocycles. The van der Waals surface area contributed by atoms with Gasteiger partial charge in [0.2, 0.25) is 0 Å². The normalized spacial score (nSPS) is 38.9. The zero-order chi connectivity index (χ0) is 11.4. The van der Waals surface area contributed by atoms with Crippen molar-refractivity contribution in [3.05, 3.63) is 0 Å². The molecule has 0 aromatic rings. The predicted molar refractivity (Wildman–Crippen MR) is 55.4 cm³/mol. The second-order valence-electron chi connectivity index (χ2n) is 5.92. The molecular weight excluding hydrogens is 194 g/mol. The van der Waals surface area contributed by atoms with Crippen molar-refractivity contribution < 1.29 is 14.6 Å². The lowest BCUT2D eigenvalue weighted by molar-refractivity contribution is 0.0229. The first-order chi connectivity index (χ1) is 6.74. The number of rotatable bonds is 0. The van der Waals surface area contributed by atoms with E-state index < -0.39 is 5.60 Å². The summed E-state index contributed by atoms with van der Waals surface area (Å²) in [5.74, 6) is 0.255. The molecule has 1 saturated heterocycles. The second kappa shape index (κ2) is 2.88. The van der Waals surface area contributed by atoms with E-state index in [1.54, 1.807) is 4.90 Å². The number of aliphatic hydroxyl groups is 1. The van der Waals surface area contributed by atoms with Crippen LogP contribution in [0.3, 0.4) is 0 Å². The smallest absolute Gasteiger partial charge is 0.410 e. The van der Waals surface area contributed by atoms with Gasteiger partial charge in [0.15, 0.2) is 0 Å². The molecule has 1 aliphatic heterocycles. The molecule has 2 fully saturated rings. The molecule has 4 heteroatoms. The van der Waals surface area contributed by atoms with E-state index in [1.165, 1.54) is 0 Å². The summed E-state index contributed by atoms with van der Waals surface area (Å²) in [5.41, 5.74) is -0.514. The van der Waals surface area contributed by atoms with Gasteiger partial charge < -0.3 is 14.7 Å².